The first-order chi connectivity index (χ1) is 15.5. The monoisotopic (exact) mass is 429 g/mol. The number of aliphatic hydroxyl groups excluding tert-OH is 1. The van der Waals surface area contributed by atoms with Crippen LogP contribution in [0.2, 0.25) is 0 Å². The number of fused-ring (bicyclic) bond motifs is 1. The SMILES string of the molecule is CC.CC(C)c1c(C(O)CCc2ccccc2)c2cc(O)ccc2n1Cc1ccccc1. The fourth-order valence-electron chi connectivity index (χ4n) is 4.39. The van der Waals surface area contributed by atoms with Gasteiger partial charge in [0.15, 0.2) is 0 Å². The van der Waals surface area contributed by atoms with Gasteiger partial charge in [0, 0.05) is 28.7 Å². The molecule has 4 rings (SSSR count). The lowest BCUT2D eigenvalue weighted by Gasteiger charge is -2.18. The number of aromatic nitrogens is 1. The summed E-state index contributed by atoms with van der Waals surface area (Å²) in [5.41, 5.74) is 5.57. The van der Waals surface area contributed by atoms with Crippen LogP contribution >= 0.6 is 0 Å². The fraction of sp³-hybridized carbons (Fsp3) is 0.310. The second kappa shape index (κ2) is 11.0. The molecule has 0 fully saturated rings. The van der Waals surface area contributed by atoms with Crippen molar-refractivity contribution in [2.24, 2.45) is 0 Å². The number of nitrogens with zero attached hydrogens (tertiary/aromatic N) is 1. The lowest BCUT2D eigenvalue weighted by Crippen LogP contribution is -2.10. The summed E-state index contributed by atoms with van der Waals surface area (Å²) in [6, 6.07) is 26.1. The van der Waals surface area contributed by atoms with Gasteiger partial charge in [-0.05, 0) is 48.1 Å². The largest absolute Gasteiger partial charge is 0.508 e. The molecule has 0 saturated carbocycles. The molecule has 32 heavy (non-hydrogen) atoms. The molecule has 168 valence electrons. The second-order valence-electron chi connectivity index (χ2n) is 8.27. The average Bonchev–Trinajstić information content (AvgIpc) is 3.13. The Kier molecular flexibility index (Phi) is 8.13. The van der Waals surface area contributed by atoms with Gasteiger partial charge in [0.2, 0.25) is 0 Å². The van der Waals surface area contributed by atoms with Gasteiger partial charge in [0.1, 0.15) is 5.75 Å². The Hall–Kier alpha value is -3.04. The van der Waals surface area contributed by atoms with Crippen molar-refractivity contribution in [1.29, 1.82) is 0 Å². The first-order valence-electron chi connectivity index (χ1n) is 11.7. The predicted molar refractivity (Wildman–Crippen MR) is 134 cm³/mol. The summed E-state index contributed by atoms with van der Waals surface area (Å²) in [7, 11) is 0. The molecule has 0 aliphatic heterocycles. The number of phenolic OH excluding ortho intramolecular Hbond substituents is 1. The van der Waals surface area contributed by atoms with Crippen molar-refractivity contribution < 1.29 is 10.2 Å². The van der Waals surface area contributed by atoms with Gasteiger partial charge >= 0.3 is 0 Å². The quantitative estimate of drug-likeness (QED) is 0.326. The molecule has 3 heteroatoms. The van der Waals surface area contributed by atoms with Crippen LogP contribution < -0.4 is 0 Å². The molecule has 3 nitrogen and oxygen atoms in total. The molecule has 1 heterocycles. The van der Waals surface area contributed by atoms with Crippen LogP contribution in [0.5, 0.6) is 5.75 Å². The van der Waals surface area contributed by atoms with Crippen molar-refractivity contribution in [3.8, 4) is 5.75 Å². The normalized spacial score (nSPS) is 11.9. The first kappa shape index (κ1) is 23.6. The zero-order valence-electron chi connectivity index (χ0n) is 19.6. The van der Waals surface area contributed by atoms with Crippen molar-refractivity contribution in [3.63, 3.8) is 0 Å². The number of hydrogen-bond acceptors (Lipinski definition) is 2. The molecular formula is C29H35NO2. The van der Waals surface area contributed by atoms with Crippen LogP contribution in [0.15, 0.2) is 78.9 Å². The van der Waals surface area contributed by atoms with Crippen LogP contribution in [0.25, 0.3) is 10.9 Å². The molecule has 0 radical (unpaired) electrons. The van der Waals surface area contributed by atoms with Crippen LogP contribution in [0.3, 0.4) is 0 Å². The molecular weight excluding hydrogens is 394 g/mol. The summed E-state index contributed by atoms with van der Waals surface area (Å²) < 4.78 is 2.30. The molecule has 1 atom stereocenters. The summed E-state index contributed by atoms with van der Waals surface area (Å²) >= 11 is 0. The topological polar surface area (TPSA) is 45.4 Å². The van der Waals surface area contributed by atoms with E-state index in [-0.39, 0.29) is 11.7 Å². The van der Waals surface area contributed by atoms with E-state index in [9.17, 15) is 10.2 Å². The number of phenols is 1. The Morgan fingerprint density at radius 2 is 1.41 bits per heavy atom. The van der Waals surface area contributed by atoms with Crippen LogP contribution in [0.1, 0.15) is 68.5 Å². The van der Waals surface area contributed by atoms with E-state index in [2.05, 4.69) is 54.8 Å². The van der Waals surface area contributed by atoms with Crippen LogP contribution in [-0.4, -0.2) is 14.8 Å². The molecule has 1 aromatic heterocycles. The predicted octanol–water partition coefficient (Wildman–Crippen LogP) is 7.21. The van der Waals surface area contributed by atoms with Crippen molar-refractivity contribution in [2.45, 2.75) is 59.1 Å². The fourth-order valence-corrected chi connectivity index (χ4v) is 4.39. The molecule has 1 unspecified atom stereocenters. The van der Waals surface area contributed by atoms with Gasteiger partial charge < -0.3 is 14.8 Å². The maximum atomic E-state index is 11.3. The van der Waals surface area contributed by atoms with Crippen molar-refractivity contribution in [2.75, 3.05) is 0 Å². The van der Waals surface area contributed by atoms with Gasteiger partial charge in [-0.1, -0.05) is 88.4 Å². The molecule has 0 spiro atoms. The highest BCUT2D eigenvalue weighted by Gasteiger charge is 2.25. The third kappa shape index (κ3) is 5.23. The van der Waals surface area contributed by atoms with Crippen LogP contribution in [-0.2, 0) is 13.0 Å². The standard InChI is InChI=1S/C27H29NO2.C2H6/c1-19(2)27-26(25(30)16-13-20-9-5-3-6-10-20)23-17-22(29)14-15-24(23)28(27)18-21-11-7-4-8-12-21;1-2/h3-12,14-15,17,19,25,29-30H,13,16,18H2,1-2H3;1-2H3. The lowest BCUT2D eigenvalue weighted by atomic mass is 9.95. The van der Waals surface area contributed by atoms with Gasteiger partial charge in [-0.15, -0.1) is 0 Å². The van der Waals surface area contributed by atoms with E-state index in [1.807, 2.05) is 44.2 Å². The number of benzene rings is 3. The van der Waals surface area contributed by atoms with Gasteiger partial charge in [0.05, 0.1) is 6.10 Å². The number of aromatic hydroxyl groups is 1. The van der Waals surface area contributed by atoms with Gasteiger partial charge in [-0.2, -0.15) is 0 Å². The Balaban J connectivity index is 0.00000141. The molecule has 2 N–H and O–H groups in total. The molecule has 0 aliphatic rings. The first-order valence-corrected chi connectivity index (χ1v) is 11.7. The van der Waals surface area contributed by atoms with E-state index < -0.39 is 6.10 Å². The van der Waals surface area contributed by atoms with Crippen LogP contribution in [0, 0.1) is 0 Å². The number of aliphatic hydroxyl groups is 1. The minimum absolute atomic E-state index is 0.228. The third-order valence-corrected chi connectivity index (χ3v) is 5.74. The third-order valence-electron chi connectivity index (χ3n) is 5.74. The number of rotatable bonds is 7. The Bertz CT molecular complexity index is 1110. The van der Waals surface area contributed by atoms with Gasteiger partial charge in [0.25, 0.3) is 0 Å². The van der Waals surface area contributed by atoms with Crippen molar-refractivity contribution in [1.82, 2.24) is 4.57 Å². The zero-order valence-corrected chi connectivity index (χ0v) is 19.6. The molecule has 3 aromatic carbocycles. The second-order valence-corrected chi connectivity index (χ2v) is 8.27. The number of hydrogen-bond donors (Lipinski definition) is 2. The summed E-state index contributed by atoms with van der Waals surface area (Å²) in [5.74, 6) is 0.468. The smallest absolute Gasteiger partial charge is 0.116 e. The highest BCUT2D eigenvalue weighted by atomic mass is 16.3. The van der Waals surface area contributed by atoms with E-state index in [0.29, 0.717) is 6.42 Å². The minimum atomic E-state index is -0.594. The Morgan fingerprint density at radius 3 is 2.00 bits per heavy atom. The Morgan fingerprint density at radius 1 is 0.812 bits per heavy atom. The van der Waals surface area contributed by atoms with E-state index in [4.69, 9.17) is 0 Å². The van der Waals surface area contributed by atoms with E-state index in [1.165, 1.54) is 11.1 Å². The lowest BCUT2D eigenvalue weighted by molar-refractivity contribution is 0.167. The van der Waals surface area contributed by atoms with Crippen LogP contribution in [0.4, 0.5) is 0 Å². The molecule has 0 amide bonds. The van der Waals surface area contributed by atoms with E-state index >= 15 is 0 Å². The molecule has 0 aliphatic carbocycles. The van der Waals surface area contributed by atoms with Gasteiger partial charge in [-0.3, -0.25) is 0 Å². The number of aryl methyl sites for hydroxylation is 1. The highest BCUT2D eigenvalue weighted by molar-refractivity contribution is 5.87. The van der Waals surface area contributed by atoms with E-state index in [0.717, 1.165) is 35.1 Å². The summed E-state index contributed by atoms with van der Waals surface area (Å²) in [6.45, 7) is 9.08. The average molecular weight is 430 g/mol. The van der Waals surface area contributed by atoms with Crippen molar-refractivity contribution >= 4 is 10.9 Å². The molecule has 0 saturated heterocycles. The van der Waals surface area contributed by atoms with Gasteiger partial charge in [-0.25, -0.2) is 0 Å². The van der Waals surface area contributed by atoms with Crippen molar-refractivity contribution in [3.05, 3.63) is 101 Å². The van der Waals surface area contributed by atoms with E-state index in [1.54, 1.807) is 12.1 Å². The summed E-state index contributed by atoms with van der Waals surface area (Å²) in [4.78, 5) is 0. The Labute approximate surface area is 192 Å². The molecule has 4 aromatic rings. The molecule has 0 bridgehead atoms. The summed E-state index contributed by atoms with van der Waals surface area (Å²) in [6.07, 6.45) is 0.858. The zero-order chi connectivity index (χ0) is 23.1. The minimum Gasteiger partial charge on any atom is -0.508 e. The highest BCUT2D eigenvalue weighted by Crippen LogP contribution is 2.39. The summed E-state index contributed by atoms with van der Waals surface area (Å²) in [5, 5.41) is 22.4. The maximum Gasteiger partial charge on any atom is 0.116 e. The maximum absolute atomic E-state index is 11.3.